The molecule has 1 aliphatic rings. The zero-order valence-electron chi connectivity index (χ0n) is 10.7. The van der Waals surface area contributed by atoms with Gasteiger partial charge in [0.05, 0.1) is 18.3 Å². The fourth-order valence-corrected chi connectivity index (χ4v) is 2.00. The summed E-state index contributed by atoms with van der Waals surface area (Å²) in [4.78, 5) is 0. The number of hydrogen-bond donors (Lipinski definition) is 2. The maximum atomic E-state index is 4.27. The molecule has 1 aromatic carbocycles. The lowest BCUT2D eigenvalue weighted by Gasteiger charge is -2.18. The average molecular weight is 256 g/mol. The molecule has 0 atom stereocenters. The summed E-state index contributed by atoms with van der Waals surface area (Å²) in [6.07, 6.45) is 3.82. The molecule has 1 aliphatic heterocycles. The minimum absolute atomic E-state index is 0.740. The summed E-state index contributed by atoms with van der Waals surface area (Å²) in [7, 11) is 0. The molecule has 0 unspecified atom stereocenters. The van der Waals surface area contributed by atoms with Crippen LogP contribution < -0.4 is 11.1 Å². The van der Waals surface area contributed by atoms with Gasteiger partial charge in [-0.05, 0) is 12.5 Å². The summed E-state index contributed by atoms with van der Waals surface area (Å²) in [6, 6.07) is 10.3. The van der Waals surface area contributed by atoms with Gasteiger partial charge in [0.15, 0.2) is 5.84 Å². The Kier molecular flexibility index (Phi) is 3.16. The minimum atomic E-state index is 0.740. The second-order valence-corrected chi connectivity index (χ2v) is 4.32. The van der Waals surface area contributed by atoms with Crippen LogP contribution in [0.1, 0.15) is 18.1 Å². The first kappa shape index (κ1) is 11.7. The van der Waals surface area contributed by atoms with Gasteiger partial charge in [0, 0.05) is 12.7 Å². The van der Waals surface area contributed by atoms with Gasteiger partial charge in [0.25, 0.3) is 0 Å². The Labute approximate surface area is 111 Å². The van der Waals surface area contributed by atoms with Crippen molar-refractivity contribution < 1.29 is 0 Å². The molecule has 0 amide bonds. The van der Waals surface area contributed by atoms with Gasteiger partial charge in [-0.1, -0.05) is 30.3 Å². The summed E-state index contributed by atoms with van der Waals surface area (Å²) >= 11 is 0. The van der Waals surface area contributed by atoms with Gasteiger partial charge in [-0.25, -0.2) is 5.53 Å². The number of hydrazone groups is 1. The van der Waals surface area contributed by atoms with Crippen molar-refractivity contribution in [1.29, 1.82) is 0 Å². The zero-order chi connectivity index (χ0) is 13.1. The van der Waals surface area contributed by atoms with Crippen molar-refractivity contribution in [2.24, 2.45) is 5.10 Å². The highest BCUT2D eigenvalue weighted by atomic mass is 15.8. The molecule has 19 heavy (non-hydrogen) atoms. The van der Waals surface area contributed by atoms with Crippen molar-refractivity contribution >= 4 is 5.84 Å². The van der Waals surface area contributed by atoms with E-state index in [-0.39, 0.29) is 0 Å². The predicted molar refractivity (Wildman–Crippen MR) is 72.7 cm³/mol. The fraction of sp³-hybridized carbons (Fsp3) is 0.231. The number of benzene rings is 1. The highest BCUT2D eigenvalue weighted by Gasteiger charge is 2.20. The van der Waals surface area contributed by atoms with Crippen LogP contribution >= 0.6 is 0 Å². The van der Waals surface area contributed by atoms with Gasteiger partial charge in [-0.15, -0.1) is 10.6 Å². The van der Waals surface area contributed by atoms with Crippen molar-refractivity contribution in [3.63, 3.8) is 0 Å². The summed E-state index contributed by atoms with van der Waals surface area (Å²) in [5.74, 6) is 0.851. The lowest BCUT2D eigenvalue weighted by molar-refractivity contribution is 0.288. The highest BCUT2D eigenvalue weighted by molar-refractivity contribution is 5.98. The average Bonchev–Trinajstić information content (AvgIpc) is 3.08. The third-order valence-electron chi connectivity index (χ3n) is 3.00. The molecule has 0 fully saturated rings. The van der Waals surface area contributed by atoms with Gasteiger partial charge in [-0.3, -0.25) is 9.69 Å². The Balaban J connectivity index is 1.78. The zero-order valence-corrected chi connectivity index (χ0v) is 10.7. The Morgan fingerprint density at radius 1 is 1.21 bits per heavy atom. The van der Waals surface area contributed by atoms with E-state index in [9.17, 15) is 0 Å². The SMILES string of the molecule is CCn1cc(C2=NNNN2Cc2ccccc2)cn1. The number of nitrogens with one attached hydrogen (secondary N) is 2. The van der Waals surface area contributed by atoms with Crippen LogP contribution in [0.5, 0.6) is 0 Å². The molecule has 2 heterocycles. The quantitative estimate of drug-likeness (QED) is 0.859. The van der Waals surface area contributed by atoms with Crippen molar-refractivity contribution in [2.45, 2.75) is 20.0 Å². The number of amidine groups is 1. The van der Waals surface area contributed by atoms with E-state index in [4.69, 9.17) is 0 Å². The molecular formula is C13H16N6. The van der Waals surface area contributed by atoms with E-state index in [1.54, 1.807) is 0 Å². The van der Waals surface area contributed by atoms with Crippen LogP contribution in [0.25, 0.3) is 0 Å². The topological polar surface area (TPSA) is 57.5 Å². The molecule has 6 nitrogen and oxygen atoms in total. The Bertz CT molecular complexity index is 574. The van der Waals surface area contributed by atoms with Crippen molar-refractivity contribution in [1.82, 2.24) is 25.9 Å². The molecule has 0 radical (unpaired) electrons. The normalized spacial score (nSPS) is 14.4. The third kappa shape index (κ3) is 2.43. The first-order valence-corrected chi connectivity index (χ1v) is 6.29. The third-order valence-corrected chi connectivity index (χ3v) is 3.00. The van der Waals surface area contributed by atoms with Gasteiger partial charge < -0.3 is 0 Å². The molecule has 0 spiro atoms. The fourth-order valence-electron chi connectivity index (χ4n) is 2.00. The van der Waals surface area contributed by atoms with E-state index >= 15 is 0 Å². The van der Waals surface area contributed by atoms with Crippen LogP contribution in [-0.2, 0) is 13.1 Å². The monoisotopic (exact) mass is 256 g/mol. The number of rotatable bonds is 4. The summed E-state index contributed by atoms with van der Waals surface area (Å²) in [6.45, 7) is 3.66. The van der Waals surface area contributed by atoms with Crippen LogP contribution in [0.3, 0.4) is 0 Å². The molecule has 0 saturated heterocycles. The molecule has 1 aromatic heterocycles. The highest BCUT2D eigenvalue weighted by Crippen LogP contribution is 2.10. The Hall–Kier alpha value is -2.34. The molecule has 3 rings (SSSR count). The molecule has 2 aromatic rings. The van der Waals surface area contributed by atoms with Crippen molar-refractivity contribution in [3.05, 3.63) is 53.9 Å². The molecule has 98 valence electrons. The van der Waals surface area contributed by atoms with E-state index in [1.807, 2.05) is 40.3 Å². The van der Waals surface area contributed by atoms with E-state index in [2.05, 4.69) is 40.3 Å². The lowest BCUT2D eigenvalue weighted by atomic mass is 10.2. The number of aryl methyl sites for hydroxylation is 1. The predicted octanol–water partition coefficient (Wildman–Crippen LogP) is 1.09. The molecule has 2 N–H and O–H groups in total. The van der Waals surface area contributed by atoms with Gasteiger partial charge in [0.2, 0.25) is 0 Å². The first-order chi connectivity index (χ1) is 9.36. The van der Waals surface area contributed by atoms with Crippen molar-refractivity contribution in [2.75, 3.05) is 0 Å². The smallest absolute Gasteiger partial charge is 0.176 e. The first-order valence-electron chi connectivity index (χ1n) is 6.29. The van der Waals surface area contributed by atoms with Gasteiger partial charge in [0.1, 0.15) is 0 Å². The van der Waals surface area contributed by atoms with Crippen LogP contribution in [0.2, 0.25) is 0 Å². The number of hydrazine groups is 2. The molecule has 0 aliphatic carbocycles. The second kappa shape index (κ2) is 5.11. The van der Waals surface area contributed by atoms with E-state index in [0.29, 0.717) is 0 Å². The second-order valence-electron chi connectivity index (χ2n) is 4.32. The number of aromatic nitrogens is 2. The van der Waals surface area contributed by atoms with E-state index in [0.717, 1.165) is 24.5 Å². The van der Waals surface area contributed by atoms with Crippen LogP contribution in [0.15, 0.2) is 47.8 Å². The Morgan fingerprint density at radius 3 is 2.79 bits per heavy atom. The van der Waals surface area contributed by atoms with E-state index < -0.39 is 0 Å². The molecular weight excluding hydrogens is 240 g/mol. The standard InChI is InChI=1S/C13H16N6/c1-2-18-10-12(8-14-18)13-15-16-17-19(13)9-11-6-4-3-5-7-11/h3-8,10,16-17H,2,9H2,1H3. The largest absolute Gasteiger partial charge is 0.272 e. The maximum absolute atomic E-state index is 4.27. The molecule has 6 heteroatoms. The number of nitrogens with zero attached hydrogens (tertiary/aromatic N) is 4. The van der Waals surface area contributed by atoms with Crippen molar-refractivity contribution in [3.8, 4) is 0 Å². The maximum Gasteiger partial charge on any atom is 0.176 e. The summed E-state index contributed by atoms with van der Waals surface area (Å²) in [5, 5.41) is 10.5. The summed E-state index contributed by atoms with van der Waals surface area (Å²) in [5.41, 5.74) is 8.03. The Morgan fingerprint density at radius 2 is 2.05 bits per heavy atom. The number of hydrogen-bond acceptors (Lipinski definition) is 5. The van der Waals surface area contributed by atoms with Gasteiger partial charge in [-0.2, -0.15) is 5.10 Å². The van der Waals surface area contributed by atoms with Crippen LogP contribution in [0.4, 0.5) is 0 Å². The van der Waals surface area contributed by atoms with Gasteiger partial charge >= 0.3 is 0 Å². The lowest BCUT2D eigenvalue weighted by Crippen LogP contribution is -2.40. The molecule has 0 saturated carbocycles. The van der Waals surface area contributed by atoms with Crippen LogP contribution in [0, 0.1) is 0 Å². The summed E-state index contributed by atoms with van der Waals surface area (Å²) < 4.78 is 1.89. The van der Waals surface area contributed by atoms with E-state index in [1.165, 1.54) is 5.56 Å². The van der Waals surface area contributed by atoms with Crippen LogP contribution in [-0.4, -0.2) is 20.6 Å². The molecule has 0 bridgehead atoms. The minimum Gasteiger partial charge on any atom is -0.272 e.